The van der Waals surface area contributed by atoms with E-state index in [1.807, 2.05) is 0 Å². The molecule has 0 atom stereocenters. The molecule has 3 aromatic rings. The van der Waals surface area contributed by atoms with Crippen molar-refractivity contribution < 1.29 is 27.1 Å². The maximum Gasteiger partial charge on any atom is 0.435 e. The second-order valence-corrected chi connectivity index (χ2v) is 5.30. The minimum atomic E-state index is -4.63. The third-order valence-electron chi connectivity index (χ3n) is 3.26. The largest absolute Gasteiger partial charge is 0.435 e. The molecule has 1 aromatic carbocycles. The zero-order valence-corrected chi connectivity index (χ0v) is 13.7. The van der Waals surface area contributed by atoms with Gasteiger partial charge in [0.05, 0.1) is 12.4 Å². The van der Waals surface area contributed by atoms with Gasteiger partial charge < -0.3 is 10.1 Å². The minimum Gasteiger partial charge on any atom is -0.419 e. The molecule has 3 rings (SSSR count). The van der Waals surface area contributed by atoms with Crippen molar-refractivity contribution in [2.24, 2.45) is 7.05 Å². The maximum atomic E-state index is 13.2. The summed E-state index contributed by atoms with van der Waals surface area (Å²) in [5.74, 6) is -1.68. The first-order valence-corrected chi connectivity index (χ1v) is 7.40. The van der Waals surface area contributed by atoms with E-state index in [2.05, 4.69) is 20.4 Å². The average Bonchev–Trinajstić information content (AvgIpc) is 2.96. The van der Waals surface area contributed by atoms with Gasteiger partial charge in [-0.05, 0) is 18.2 Å². The molecule has 2 heterocycles. The van der Waals surface area contributed by atoms with Crippen molar-refractivity contribution in [3.8, 4) is 11.8 Å². The van der Waals surface area contributed by atoms with Crippen LogP contribution in [0.3, 0.4) is 0 Å². The first-order valence-electron chi connectivity index (χ1n) is 7.40. The Bertz CT molecular complexity index is 987. The number of aryl methyl sites for hydroxylation is 1. The molecule has 1 N–H and O–H groups in total. The number of amides is 1. The topological polar surface area (TPSA) is 81.9 Å². The fourth-order valence-electron chi connectivity index (χ4n) is 2.06. The first kappa shape index (κ1) is 18.3. The molecule has 0 aliphatic heterocycles. The van der Waals surface area contributed by atoms with Crippen molar-refractivity contribution in [3.63, 3.8) is 0 Å². The molecule has 1 amide bonds. The Morgan fingerprint density at radius 2 is 2.00 bits per heavy atom. The highest BCUT2D eigenvalue weighted by molar-refractivity contribution is 6.02. The van der Waals surface area contributed by atoms with Crippen LogP contribution in [0.15, 0.2) is 42.7 Å². The van der Waals surface area contributed by atoms with E-state index in [0.29, 0.717) is 6.07 Å². The number of carbonyl (C=O) groups is 1. The molecule has 0 radical (unpaired) electrons. The van der Waals surface area contributed by atoms with Crippen LogP contribution in [-0.2, 0) is 13.2 Å². The smallest absolute Gasteiger partial charge is 0.419 e. The van der Waals surface area contributed by atoms with E-state index >= 15 is 0 Å². The summed E-state index contributed by atoms with van der Waals surface area (Å²) in [6, 6.07) is 5.91. The number of ether oxygens (including phenoxy) is 1. The van der Waals surface area contributed by atoms with E-state index in [4.69, 9.17) is 4.74 Å². The van der Waals surface area contributed by atoms with Crippen LogP contribution < -0.4 is 10.1 Å². The predicted octanol–water partition coefficient (Wildman–Crippen LogP) is 3.41. The number of rotatable bonds is 4. The van der Waals surface area contributed by atoms with Crippen molar-refractivity contribution in [1.82, 2.24) is 19.7 Å². The molecule has 0 spiro atoms. The monoisotopic (exact) mass is 381 g/mol. The summed E-state index contributed by atoms with van der Waals surface area (Å²) < 4.78 is 57.3. The Morgan fingerprint density at radius 1 is 1.22 bits per heavy atom. The van der Waals surface area contributed by atoms with E-state index in [0.717, 1.165) is 23.1 Å². The summed E-state index contributed by atoms with van der Waals surface area (Å²) in [7, 11) is 1.26. The molecular formula is C16H11F4N5O2. The Morgan fingerprint density at radius 3 is 2.67 bits per heavy atom. The summed E-state index contributed by atoms with van der Waals surface area (Å²) in [6.07, 6.45) is -2.37. The number of aromatic nitrogens is 4. The molecule has 11 heteroatoms. The van der Waals surface area contributed by atoms with Crippen molar-refractivity contribution in [2.75, 3.05) is 5.32 Å². The van der Waals surface area contributed by atoms with Gasteiger partial charge >= 0.3 is 6.18 Å². The lowest BCUT2D eigenvalue weighted by molar-refractivity contribution is -0.141. The number of hydrogen-bond donors (Lipinski definition) is 1. The zero-order valence-electron chi connectivity index (χ0n) is 13.7. The highest BCUT2D eigenvalue weighted by Crippen LogP contribution is 2.31. The molecule has 0 fully saturated rings. The number of nitrogens with one attached hydrogen (secondary N) is 1. The first-order chi connectivity index (χ1) is 12.7. The maximum absolute atomic E-state index is 13.2. The molecule has 0 aliphatic rings. The number of benzene rings is 1. The average molecular weight is 381 g/mol. The van der Waals surface area contributed by atoms with Crippen molar-refractivity contribution in [3.05, 3.63) is 59.9 Å². The van der Waals surface area contributed by atoms with E-state index in [9.17, 15) is 22.4 Å². The fourth-order valence-corrected chi connectivity index (χ4v) is 2.06. The van der Waals surface area contributed by atoms with Crippen LogP contribution in [0.2, 0.25) is 0 Å². The van der Waals surface area contributed by atoms with Crippen LogP contribution >= 0.6 is 0 Å². The van der Waals surface area contributed by atoms with Gasteiger partial charge in [0.2, 0.25) is 11.8 Å². The van der Waals surface area contributed by atoms with Gasteiger partial charge in [-0.2, -0.15) is 18.3 Å². The SMILES string of the molecule is Cn1nc(C(F)(F)F)cc1Oc1cncc(C(=O)Nc2cccc(F)c2)n1. The van der Waals surface area contributed by atoms with Gasteiger partial charge in [-0.3, -0.25) is 9.78 Å². The van der Waals surface area contributed by atoms with Crippen molar-refractivity contribution in [2.45, 2.75) is 6.18 Å². The summed E-state index contributed by atoms with van der Waals surface area (Å²) in [6.45, 7) is 0. The van der Waals surface area contributed by atoms with Crippen LogP contribution in [0.5, 0.6) is 11.8 Å². The van der Waals surface area contributed by atoms with Gasteiger partial charge in [0.25, 0.3) is 5.91 Å². The van der Waals surface area contributed by atoms with E-state index < -0.39 is 23.6 Å². The second kappa shape index (κ2) is 7.02. The molecule has 0 saturated heterocycles. The van der Waals surface area contributed by atoms with Crippen LogP contribution in [0.4, 0.5) is 23.2 Å². The Balaban J connectivity index is 1.78. The molecule has 140 valence electrons. The minimum absolute atomic E-state index is 0.171. The molecular weight excluding hydrogens is 370 g/mol. The quantitative estimate of drug-likeness (QED) is 0.701. The van der Waals surface area contributed by atoms with Crippen LogP contribution in [0.1, 0.15) is 16.2 Å². The summed E-state index contributed by atoms with van der Waals surface area (Å²) in [5, 5.41) is 5.73. The molecule has 0 aliphatic carbocycles. The Labute approximate surface area is 149 Å². The van der Waals surface area contributed by atoms with Crippen LogP contribution in [0.25, 0.3) is 0 Å². The van der Waals surface area contributed by atoms with Gasteiger partial charge in [-0.1, -0.05) is 6.07 Å². The van der Waals surface area contributed by atoms with Crippen molar-refractivity contribution >= 4 is 11.6 Å². The molecule has 0 unspecified atom stereocenters. The van der Waals surface area contributed by atoms with Crippen LogP contribution in [-0.4, -0.2) is 25.7 Å². The highest BCUT2D eigenvalue weighted by atomic mass is 19.4. The van der Waals surface area contributed by atoms with Gasteiger partial charge in [-0.25, -0.2) is 14.1 Å². The number of nitrogens with zero attached hydrogens (tertiary/aromatic N) is 4. The number of carbonyl (C=O) groups excluding carboxylic acids is 1. The lowest BCUT2D eigenvalue weighted by Gasteiger charge is -2.07. The third kappa shape index (κ3) is 4.37. The summed E-state index contributed by atoms with van der Waals surface area (Å²) >= 11 is 0. The van der Waals surface area contributed by atoms with Gasteiger partial charge in [0, 0.05) is 18.8 Å². The number of anilines is 1. The van der Waals surface area contributed by atoms with Crippen molar-refractivity contribution in [1.29, 1.82) is 0 Å². The number of halogens is 4. The number of hydrogen-bond acceptors (Lipinski definition) is 5. The normalized spacial score (nSPS) is 11.3. The zero-order chi connectivity index (χ0) is 19.6. The third-order valence-corrected chi connectivity index (χ3v) is 3.26. The standard InChI is InChI=1S/C16H11F4N5O2/c1-25-14(6-12(24-25)16(18,19)20)27-13-8-21-7-11(23-13)15(26)22-10-4-2-3-9(17)5-10/h2-8H,1H3,(H,22,26). The van der Waals surface area contributed by atoms with E-state index in [-0.39, 0.29) is 23.1 Å². The second-order valence-electron chi connectivity index (χ2n) is 5.30. The summed E-state index contributed by atoms with van der Waals surface area (Å²) in [5.41, 5.74) is -1.10. The van der Waals surface area contributed by atoms with E-state index in [1.165, 1.54) is 25.2 Å². The fraction of sp³-hybridized carbons (Fsp3) is 0.125. The van der Waals surface area contributed by atoms with Gasteiger partial charge in [-0.15, -0.1) is 0 Å². The number of alkyl halides is 3. The molecule has 2 aromatic heterocycles. The predicted molar refractivity (Wildman–Crippen MR) is 84.7 cm³/mol. The molecule has 0 bridgehead atoms. The molecule has 7 nitrogen and oxygen atoms in total. The Hall–Kier alpha value is -3.50. The van der Waals surface area contributed by atoms with Crippen LogP contribution in [0, 0.1) is 5.82 Å². The van der Waals surface area contributed by atoms with Gasteiger partial charge in [0.1, 0.15) is 5.82 Å². The lowest BCUT2D eigenvalue weighted by atomic mass is 10.3. The molecule has 0 saturated carbocycles. The van der Waals surface area contributed by atoms with Gasteiger partial charge in [0.15, 0.2) is 11.4 Å². The lowest BCUT2D eigenvalue weighted by Crippen LogP contribution is -2.14. The van der Waals surface area contributed by atoms with E-state index in [1.54, 1.807) is 0 Å². The Kier molecular flexibility index (Phi) is 4.75. The summed E-state index contributed by atoms with van der Waals surface area (Å²) in [4.78, 5) is 19.8. The highest BCUT2D eigenvalue weighted by Gasteiger charge is 2.35. The molecule has 27 heavy (non-hydrogen) atoms.